The Bertz CT molecular complexity index is 859. The van der Waals surface area contributed by atoms with E-state index in [1.165, 1.54) is 12.3 Å². The molecule has 1 fully saturated rings. The number of piperidine rings is 1. The lowest BCUT2D eigenvalue weighted by molar-refractivity contribution is 0.0925. The first-order valence-electron chi connectivity index (χ1n) is 10.4. The molecular formula is C22H30FN5O2. The molecule has 0 aliphatic carbocycles. The first kappa shape index (κ1) is 21.7. The Labute approximate surface area is 176 Å². The Hall–Kier alpha value is -3.03. The standard InChI is InChI=1S/C22H30FN5O2/c1-16-9-14-30-20(16)21(29)25-10-4-11-26-22(24-2)27-18-7-12-28(13-8-18)19-6-3-5-17(23)15-19/h3,5-6,9,14-15,18H,4,7-8,10-13H2,1-2H3,(H,25,29)(H2,24,26,27). The van der Waals surface area contributed by atoms with Crippen molar-refractivity contribution in [2.45, 2.75) is 32.2 Å². The molecule has 3 N–H and O–H groups in total. The number of carbonyl (C=O) groups excluding carboxylic acids is 1. The lowest BCUT2D eigenvalue weighted by Gasteiger charge is -2.34. The highest BCUT2D eigenvalue weighted by Crippen LogP contribution is 2.20. The number of rotatable bonds is 7. The number of amides is 1. The third kappa shape index (κ3) is 5.98. The van der Waals surface area contributed by atoms with E-state index in [-0.39, 0.29) is 11.7 Å². The minimum atomic E-state index is -0.201. The molecule has 2 aromatic rings. The molecule has 3 rings (SSSR count). The van der Waals surface area contributed by atoms with Gasteiger partial charge >= 0.3 is 0 Å². The van der Waals surface area contributed by atoms with Crippen LogP contribution in [0.1, 0.15) is 35.4 Å². The van der Waals surface area contributed by atoms with Gasteiger partial charge in [-0.2, -0.15) is 0 Å². The van der Waals surface area contributed by atoms with Crippen LogP contribution in [0.2, 0.25) is 0 Å². The summed E-state index contributed by atoms with van der Waals surface area (Å²) in [4.78, 5) is 18.5. The highest BCUT2D eigenvalue weighted by atomic mass is 19.1. The van der Waals surface area contributed by atoms with Crippen molar-refractivity contribution in [3.8, 4) is 0 Å². The maximum Gasteiger partial charge on any atom is 0.287 e. The average Bonchev–Trinajstić information content (AvgIpc) is 3.19. The van der Waals surface area contributed by atoms with Crippen LogP contribution in [0, 0.1) is 12.7 Å². The van der Waals surface area contributed by atoms with Gasteiger partial charge in [0.25, 0.3) is 5.91 Å². The van der Waals surface area contributed by atoms with Crippen LogP contribution in [-0.4, -0.2) is 51.1 Å². The second-order valence-corrected chi connectivity index (χ2v) is 7.43. The fraction of sp³-hybridized carbons (Fsp3) is 0.455. The number of guanidine groups is 1. The van der Waals surface area contributed by atoms with Crippen molar-refractivity contribution in [2.24, 2.45) is 4.99 Å². The summed E-state index contributed by atoms with van der Waals surface area (Å²) in [6.45, 7) is 4.83. The van der Waals surface area contributed by atoms with E-state index < -0.39 is 0 Å². The molecule has 2 heterocycles. The summed E-state index contributed by atoms with van der Waals surface area (Å²) in [6.07, 6.45) is 4.19. The maximum absolute atomic E-state index is 13.4. The van der Waals surface area contributed by atoms with Gasteiger partial charge in [-0.1, -0.05) is 6.07 Å². The molecule has 0 spiro atoms. The zero-order chi connectivity index (χ0) is 21.3. The molecule has 1 aliphatic heterocycles. The molecule has 0 unspecified atom stereocenters. The van der Waals surface area contributed by atoms with Gasteiger partial charge in [0, 0.05) is 50.5 Å². The quantitative estimate of drug-likeness (QED) is 0.368. The Morgan fingerprint density at radius 1 is 1.23 bits per heavy atom. The molecule has 1 aromatic carbocycles. The molecule has 1 saturated heterocycles. The number of aryl methyl sites for hydroxylation is 1. The smallest absolute Gasteiger partial charge is 0.287 e. The Balaban J connectivity index is 1.33. The van der Waals surface area contributed by atoms with E-state index in [9.17, 15) is 9.18 Å². The van der Waals surface area contributed by atoms with E-state index in [0.717, 1.165) is 49.6 Å². The minimum absolute atomic E-state index is 0.190. The van der Waals surface area contributed by atoms with Gasteiger partial charge in [0.05, 0.1) is 6.26 Å². The van der Waals surface area contributed by atoms with Crippen molar-refractivity contribution in [1.82, 2.24) is 16.0 Å². The van der Waals surface area contributed by atoms with E-state index in [2.05, 4.69) is 25.8 Å². The summed E-state index contributed by atoms with van der Waals surface area (Å²) in [5, 5.41) is 9.60. The van der Waals surface area contributed by atoms with Gasteiger partial charge in [-0.25, -0.2) is 4.39 Å². The highest BCUT2D eigenvalue weighted by Gasteiger charge is 2.20. The Morgan fingerprint density at radius 3 is 2.67 bits per heavy atom. The lowest BCUT2D eigenvalue weighted by atomic mass is 10.0. The number of benzene rings is 1. The maximum atomic E-state index is 13.4. The van der Waals surface area contributed by atoms with Crippen molar-refractivity contribution >= 4 is 17.6 Å². The number of hydrogen-bond acceptors (Lipinski definition) is 4. The molecule has 0 saturated carbocycles. The fourth-order valence-corrected chi connectivity index (χ4v) is 3.53. The number of nitrogens with zero attached hydrogens (tertiary/aromatic N) is 2. The van der Waals surface area contributed by atoms with E-state index in [1.54, 1.807) is 25.2 Å². The summed E-state index contributed by atoms with van der Waals surface area (Å²) in [6, 6.07) is 8.84. The van der Waals surface area contributed by atoms with Gasteiger partial charge in [-0.05, 0) is 50.5 Å². The second kappa shape index (κ2) is 10.7. The molecule has 1 aromatic heterocycles. The molecule has 30 heavy (non-hydrogen) atoms. The van der Waals surface area contributed by atoms with Crippen molar-refractivity contribution < 1.29 is 13.6 Å². The molecule has 7 nitrogen and oxygen atoms in total. The summed E-state index contributed by atoms with van der Waals surface area (Å²) in [7, 11) is 1.75. The van der Waals surface area contributed by atoms with Crippen LogP contribution < -0.4 is 20.9 Å². The number of carbonyl (C=O) groups is 1. The molecule has 0 bridgehead atoms. The number of nitrogens with one attached hydrogen (secondary N) is 3. The number of halogens is 1. The van der Waals surface area contributed by atoms with Gasteiger partial charge in [-0.15, -0.1) is 0 Å². The zero-order valence-electron chi connectivity index (χ0n) is 17.6. The fourth-order valence-electron chi connectivity index (χ4n) is 3.53. The van der Waals surface area contributed by atoms with E-state index in [1.807, 2.05) is 13.0 Å². The predicted molar refractivity (Wildman–Crippen MR) is 117 cm³/mol. The third-order valence-corrected chi connectivity index (χ3v) is 5.23. The molecule has 162 valence electrons. The largest absolute Gasteiger partial charge is 0.459 e. The number of furan rings is 1. The van der Waals surface area contributed by atoms with E-state index in [0.29, 0.717) is 24.9 Å². The summed E-state index contributed by atoms with van der Waals surface area (Å²) in [5.41, 5.74) is 1.77. The zero-order valence-corrected chi connectivity index (χ0v) is 17.6. The summed E-state index contributed by atoms with van der Waals surface area (Å²) >= 11 is 0. The van der Waals surface area contributed by atoms with Crippen LogP contribution in [0.3, 0.4) is 0 Å². The van der Waals surface area contributed by atoms with Gasteiger partial charge < -0.3 is 25.3 Å². The second-order valence-electron chi connectivity index (χ2n) is 7.43. The molecule has 1 amide bonds. The highest BCUT2D eigenvalue weighted by molar-refractivity contribution is 5.92. The van der Waals surface area contributed by atoms with E-state index in [4.69, 9.17) is 4.42 Å². The third-order valence-electron chi connectivity index (χ3n) is 5.23. The van der Waals surface area contributed by atoms with Gasteiger partial charge in [0.1, 0.15) is 5.82 Å². The molecule has 0 atom stereocenters. The van der Waals surface area contributed by atoms with Crippen molar-refractivity contribution in [3.05, 3.63) is 53.7 Å². The van der Waals surface area contributed by atoms with Crippen LogP contribution in [0.5, 0.6) is 0 Å². The van der Waals surface area contributed by atoms with E-state index >= 15 is 0 Å². The first-order chi connectivity index (χ1) is 14.6. The normalized spacial score (nSPS) is 15.2. The molecule has 1 aliphatic rings. The summed E-state index contributed by atoms with van der Waals surface area (Å²) < 4.78 is 18.6. The van der Waals surface area contributed by atoms with Crippen LogP contribution in [-0.2, 0) is 0 Å². The summed E-state index contributed by atoms with van der Waals surface area (Å²) in [5.74, 6) is 0.732. The first-order valence-corrected chi connectivity index (χ1v) is 10.4. The van der Waals surface area contributed by atoms with Gasteiger partial charge in [0.2, 0.25) is 0 Å². The average molecular weight is 416 g/mol. The number of aliphatic imine (C=N–C) groups is 1. The Morgan fingerprint density at radius 2 is 2.00 bits per heavy atom. The number of hydrogen-bond donors (Lipinski definition) is 3. The Kier molecular flexibility index (Phi) is 7.70. The number of anilines is 1. The van der Waals surface area contributed by atoms with Crippen molar-refractivity contribution in [3.63, 3.8) is 0 Å². The lowest BCUT2D eigenvalue weighted by Crippen LogP contribution is -2.49. The van der Waals surface area contributed by atoms with Crippen molar-refractivity contribution in [2.75, 3.05) is 38.1 Å². The monoisotopic (exact) mass is 415 g/mol. The minimum Gasteiger partial charge on any atom is -0.459 e. The molecular weight excluding hydrogens is 385 g/mol. The van der Waals surface area contributed by atoms with Gasteiger partial charge in [0.15, 0.2) is 11.7 Å². The van der Waals surface area contributed by atoms with Crippen LogP contribution in [0.25, 0.3) is 0 Å². The van der Waals surface area contributed by atoms with Gasteiger partial charge in [-0.3, -0.25) is 9.79 Å². The van der Waals surface area contributed by atoms with Crippen LogP contribution in [0.15, 0.2) is 46.0 Å². The topological polar surface area (TPSA) is 81.9 Å². The van der Waals surface area contributed by atoms with Crippen LogP contribution in [0.4, 0.5) is 10.1 Å². The molecule has 8 heteroatoms. The molecule has 0 radical (unpaired) electrons. The SMILES string of the molecule is CN=C(NCCCNC(=O)c1occc1C)NC1CCN(c2cccc(F)c2)CC1. The predicted octanol–water partition coefficient (Wildman–Crippen LogP) is 2.68. The van der Waals surface area contributed by atoms with Crippen molar-refractivity contribution in [1.29, 1.82) is 0 Å². The van der Waals surface area contributed by atoms with Crippen LogP contribution >= 0.6 is 0 Å².